The van der Waals surface area contributed by atoms with Gasteiger partial charge in [0.05, 0.1) is 14.2 Å². The minimum atomic E-state index is -0.0829. The van der Waals surface area contributed by atoms with Crippen LogP contribution in [0.5, 0.6) is 17.5 Å². The predicted octanol–water partition coefficient (Wildman–Crippen LogP) is 4.03. The van der Waals surface area contributed by atoms with Gasteiger partial charge in [-0.2, -0.15) is 0 Å². The van der Waals surface area contributed by atoms with Crippen LogP contribution in [0.4, 0.5) is 0 Å². The third-order valence-corrected chi connectivity index (χ3v) is 4.61. The Morgan fingerprint density at radius 1 is 1.00 bits per heavy atom. The lowest BCUT2D eigenvalue weighted by Gasteiger charge is -2.12. The van der Waals surface area contributed by atoms with Gasteiger partial charge in [0, 0.05) is 12.1 Å². The maximum absolute atomic E-state index is 10.2. The molecule has 0 saturated heterocycles. The molecule has 0 bridgehead atoms. The van der Waals surface area contributed by atoms with Crippen LogP contribution in [0.25, 0.3) is 11.4 Å². The van der Waals surface area contributed by atoms with E-state index >= 15 is 0 Å². The largest absolute Gasteiger partial charge is 0.493 e. The molecule has 0 unspecified atom stereocenters. The smallest absolute Gasteiger partial charge is 0.314 e. The second-order valence-corrected chi connectivity index (χ2v) is 6.69. The SMILES string of the molecule is COc1ccc(CCn2c(O)nnc2-c2cccc(C(C)C)c2)cc1OC. The molecule has 0 aliphatic heterocycles. The second kappa shape index (κ2) is 8.12. The number of aromatic hydroxyl groups is 1. The molecular formula is C21H25N3O3. The number of ether oxygens (including phenoxy) is 2. The predicted molar refractivity (Wildman–Crippen MR) is 104 cm³/mol. The summed E-state index contributed by atoms with van der Waals surface area (Å²) in [5.41, 5.74) is 3.24. The Labute approximate surface area is 159 Å². The van der Waals surface area contributed by atoms with Gasteiger partial charge in [-0.25, -0.2) is 0 Å². The van der Waals surface area contributed by atoms with E-state index in [0.29, 0.717) is 36.2 Å². The van der Waals surface area contributed by atoms with Crippen molar-refractivity contribution in [3.63, 3.8) is 0 Å². The van der Waals surface area contributed by atoms with Crippen molar-refractivity contribution in [1.29, 1.82) is 0 Å². The molecule has 1 N–H and O–H groups in total. The summed E-state index contributed by atoms with van der Waals surface area (Å²) in [4.78, 5) is 0. The van der Waals surface area contributed by atoms with Crippen LogP contribution in [0.1, 0.15) is 30.9 Å². The number of hydrogen-bond donors (Lipinski definition) is 1. The minimum Gasteiger partial charge on any atom is -0.493 e. The van der Waals surface area contributed by atoms with Gasteiger partial charge in [-0.15, -0.1) is 5.10 Å². The van der Waals surface area contributed by atoms with Gasteiger partial charge >= 0.3 is 6.01 Å². The van der Waals surface area contributed by atoms with Crippen molar-refractivity contribution in [2.75, 3.05) is 14.2 Å². The zero-order chi connectivity index (χ0) is 19.4. The molecule has 1 heterocycles. The summed E-state index contributed by atoms with van der Waals surface area (Å²) >= 11 is 0. The van der Waals surface area contributed by atoms with Crippen LogP contribution in [0.3, 0.4) is 0 Å². The summed E-state index contributed by atoms with van der Waals surface area (Å²) in [6.07, 6.45) is 0.697. The summed E-state index contributed by atoms with van der Waals surface area (Å²) in [6.45, 7) is 4.85. The maximum Gasteiger partial charge on any atom is 0.314 e. The highest BCUT2D eigenvalue weighted by Crippen LogP contribution is 2.29. The first-order valence-corrected chi connectivity index (χ1v) is 8.97. The van der Waals surface area contributed by atoms with Crippen molar-refractivity contribution >= 4 is 0 Å². The lowest BCUT2D eigenvalue weighted by molar-refractivity contribution is 0.354. The molecule has 3 aromatic rings. The van der Waals surface area contributed by atoms with E-state index in [1.54, 1.807) is 18.8 Å². The first kappa shape index (κ1) is 18.8. The van der Waals surface area contributed by atoms with E-state index in [-0.39, 0.29) is 6.01 Å². The van der Waals surface area contributed by atoms with Crippen LogP contribution >= 0.6 is 0 Å². The number of hydrogen-bond acceptors (Lipinski definition) is 5. The van der Waals surface area contributed by atoms with Crippen LogP contribution in [-0.4, -0.2) is 34.1 Å². The maximum atomic E-state index is 10.2. The molecule has 6 heteroatoms. The molecule has 0 atom stereocenters. The highest BCUT2D eigenvalue weighted by Gasteiger charge is 2.14. The van der Waals surface area contributed by atoms with Gasteiger partial charge in [-0.1, -0.05) is 43.2 Å². The molecule has 6 nitrogen and oxygen atoms in total. The fourth-order valence-electron chi connectivity index (χ4n) is 3.03. The first-order chi connectivity index (χ1) is 13.0. The van der Waals surface area contributed by atoms with Gasteiger partial charge < -0.3 is 14.6 Å². The molecule has 0 aliphatic carbocycles. The van der Waals surface area contributed by atoms with E-state index in [9.17, 15) is 5.11 Å². The van der Waals surface area contributed by atoms with Gasteiger partial charge in [0.15, 0.2) is 17.3 Å². The van der Waals surface area contributed by atoms with Crippen molar-refractivity contribution in [1.82, 2.24) is 14.8 Å². The number of nitrogens with zero attached hydrogens (tertiary/aromatic N) is 3. The Morgan fingerprint density at radius 3 is 2.48 bits per heavy atom. The van der Waals surface area contributed by atoms with E-state index < -0.39 is 0 Å². The van der Waals surface area contributed by atoms with E-state index in [1.165, 1.54) is 5.56 Å². The van der Waals surface area contributed by atoms with Gasteiger partial charge in [-0.3, -0.25) is 4.57 Å². The van der Waals surface area contributed by atoms with Crippen molar-refractivity contribution in [3.8, 4) is 28.9 Å². The first-order valence-electron chi connectivity index (χ1n) is 8.97. The van der Waals surface area contributed by atoms with E-state index in [2.05, 4.69) is 36.2 Å². The van der Waals surface area contributed by atoms with Crippen molar-refractivity contribution in [3.05, 3.63) is 53.6 Å². The highest BCUT2D eigenvalue weighted by atomic mass is 16.5. The Hall–Kier alpha value is -3.02. The molecule has 0 amide bonds. The number of aromatic nitrogens is 3. The van der Waals surface area contributed by atoms with Crippen molar-refractivity contribution in [2.24, 2.45) is 0 Å². The summed E-state index contributed by atoms with van der Waals surface area (Å²) in [6, 6.07) is 13.9. The lowest BCUT2D eigenvalue weighted by Crippen LogP contribution is -2.04. The highest BCUT2D eigenvalue weighted by molar-refractivity contribution is 5.57. The molecule has 142 valence electrons. The fraction of sp³-hybridized carbons (Fsp3) is 0.333. The van der Waals surface area contributed by atoms with Gasteiger partial charge in [0.25, 0.3) is 0 Å². The van der Waals surface area contributed by atoms with Gasteiger partial charge in [-0.05, 0) is 41.7 Å². The third-order valence-electron chi connectivity index (χ3n) is 4.61. The average Bonchev–Trinajstić information content (AvgIpc) is 3.06. The summed E-state index contributed by atoms with van der Waals surface area (Å²) in [5, 5.41) is 18.2. The normalized spacial score (nSPS) is 11.0. The zero-order valence-corrected chi connectivity index (χ0v) is 16.1. The molecule has 3 rings (SSSR count). The van der Waals surface area contributed by atoms with Gasteiger partial charge in [0.2, 0.25) is 0 Å². The summed E-state index contributed by atoms with van der Waals surface area (Å²) in [7, 11) is 3.23. The molecule has 0 aliphatic rings. The average molecular weight is 367 g/mol. The van der Waals surface area contributed by atoms with E-state index in [1.807, 2.05) is 30.3 Å². The molecule has 2 aromatic carbocycles. The quantitative estimate of drug-likeness (QED) is 0.683. The number of methoxy groups -OCH3 is 2. The van der Waals surface area contributed by atoms with E-state index in [4.69, 9.17) is 9.47 Å². The molecule has 0 saturated carbocycles. The molecule has 0 fully saturated rings. The standard InChI is InChI=1S/C21H25N3O3/c1-14(2)16-6-5-7-17(13-16)20-22-23-21(25)24(20)11-10-15-8-9-18(26-3)19(12-15)27-4/h5-9,12-14H,10-11H2,1-4H3,(H,23,25). The Kier molecular flexibility index (Phi) is 5.64. The van der Waals surface area contributed by atoms with Crippen molar-refractivity contribution < 1.29 is 14.6 Å². The molecular weight excluding hydrogens is 342 g/mol. The summed E-state index contributed by atoms with van der Waals surface area (Å²) < 4.78 is 12.4. The lowest BCUT2D eigenvalue weighted by atomic mass is 10.0. The molecule has 27 heavy (non-hydrogen) atoms. The summed E-state index contributed by atoms with van der Waals surface area (Å²) in [5.74, 6) is 2.46. The molecule has 0 spiro atoms. The van der Waals surface area contributed by atoms with Crippen LogP contribution in [0, 0.1) is 0 Å². The zero-order valence-electron chi connectivity index (χ0n) is 16.1. The third kappa shape index (κ3) is 4.05. The fourth-order valence-corrected chi connectivity index (χ4v) is 3.03. The number of aryl methyl sites for hydroxylation is 1. The van der Waals surface area contributed by atoms with E-state index in [0.717, 1.165) is 11.1 Å². The van der Waals surface area contributed by atoms with Crippen LogP contribution in [-0.2, 0) is 13.0 Å². The topological polar surface area (TPSA) is 69.4 Å². The monoisotopic (exact) mass is 367 g/mol. The second-order valence-electron chi connectivity index (χ2n) is 6.69. The van der Waals surface area contributed by atoms with Crippen molar-refractivity contribution in [2.45, 2.75) is 32.7 Å². The number of rotatable bonds is 7. The molecule has 1 aromatic heterocycles. The van der Waals surface area contributed by atoms with Crippen LogP contribution < -0.4 is 9.47 Å². The van der Waals surface area contributed by atoms with Crippen LogP contribution in [0.2, 0.25) is 0 Å². The van der Waals surface area contributed by atoms with Crippen LogP contribution in [0.15, 0.2) is 42.5 Å². The van der Waals surface area contributed by atoms with Gasteiger partial charge in [0.1, 0.15) is 0 Å². The number of benzene rings is 2. The Morgan fingerprint density at radius 2 is 1.78 bits per heavy atom. The molecule has 0 radical (unpaired) electrons. The Balaban J connectivity index is 1.85. The minimum absolute atomic E-state index is 0.0829. The Bertz CT molecular complexity index is 919.